The first kappa shape index (κ1) is 13.2. The van der Waals surface area contributed by atoms with Crippen molar-refractivity contribution >= 4 is 0 Å². The zero-order valence-electron chi connectivity index (χ0n) is 11.7. The second kappa shape index (κ2) is 5.65. The largest absolute Gasteiger partial charge is 0.457 e. The number of nitrogens with two attached hydrogens (primary N) is 1. The zero-order chi connectivity index (χ0) is 13.9. The van der Waals surface area contributed by atoms with Crippen LogP contribution in [0.2, 0.25) is 0 Å². The molecule has 3 heteroatoms. The van der Waals surface area contributed by atoms with Crippen LogP contribution in [0.15, 0.2) is 54.6 Å². The monoisotopic (exact) mass is 268 g/mol. The Morgan fingerprint density at radius 2 is 1.80 bits per heavy atom. The van der Waals surface area contributed by atoms with Crippen molar-refractivity contribution in [3.63, 3.8) is 0 Å². The van der Waals surface area contributed by atoms with Crippen molar-refractivity contribution in [3.05, 3.63) is 60.2 Å². The molecule has 1 saturated heterocycles. The van der Waals surface area contributed by atoms with E-state index >= 15 is 0 Å². The van der Waals surface area contributed by atoms with Crippen molar-refractivity contribution in [2.75, 3.05) is 13.6 Å². The fraction of sp³-hybridized carbons (Fsp3) is 0.294. The van der Waals surface area contributed by atoms with E-state index in [-0.39, 0.29) is 12.1 Å². The minimum Gasteiger partial charge on any atom is -0.457 e. The Bertz CT molecular complexity index is 560. The number of benzene rings is 2. The Morgan fingerprint density at radius 1 is 1.05 bits per heavy atom. The van der Waals surface area contributed by atoms with E-state index in [1.165, 1.54) is 5.56 Å². The van der Waals surface area contributed by atoms with Gasteiger partial charge in [0.15, 0.2) is 0 Å². The molecule has 0 spiro atoms. The van der Waals surface area contributed by atoms with Crippen molar-refractivity contribution in [3.8, 4) is 11.5 Å². The smallest absolute Gasteiger partial charge is 0.127 e. The number of nitrogens with zero attached hydrogens (tertiary/aromatic N) is 1. The topological polar surface area (TPSA) is 38.5 Å². The number of rotatable bonds is 3. The van der Waals surface area contributed by atoms with Gasteiger partial charge in [-0.1, -0.05) is 30.3 Å². The van der Waals surface area contributed by atoms with Crippen molar-refractivity contribution in [1.82, 2.24) is 4.90 Å². The predicted octanol–water partition coefficient (Wildman–Crippen LogP) is 3.18. The Kier molecular flexibility index (Phi) is 3.72. The Labute approximate surface area is 120 Å². The number of para-hydroxylation sites is 1. The molecule has 0 aromatic heterocycles. The van der Waals surface area contributed by atoms with E-state index in [4.69, 9.17) is 10.5 Å². The molecule has 2 atom stereocenters. The number of ether oxygens (including phenoxy) is 1. The first-order valence-corrected chi connectivity index (χ1v) is 7.03. The molecular weight excluding hydrogens is 248 g/mol. The lowest BCUT2D eigenvalue weighted by atomic mass is 10.0. The van der Waals surface area contributed by atoms with Crippen molar-refractivity contribution in [2.45, 2.75) is 18.5 Å². The van der Waals surface area contributed by atoms with Gasteiger partial charge in [0.1, 0.15) is 11.5 Å². The first-order chi connectivity index (χ1) is 9.74. The maximum Gasteiger partial charge on any atom is 0.127 e. The maximum atomic E-state index is 6.22. The molecule has 0 aliphatic carbocycles. The molecule has 2 unspecified atom stereocenters. The van der Waals surface area contributed by atoms with Gasteiger partial charge >= 0.3 is 0 Å². The highest BCUT2D eigenvalue weighted by molar-refractivity contribution is 5.35. The third kappa shape index (κ3) is 2.69. The van der Waals surface area contributed by atoms with Gasteiger partial charge in [0.2, 0.25) is 0 Å². The van der Waals surface area contributed by atoms with E-state index in [2.05, 4.69) is 24.1 Å². The normalized spacial score (nSPS) is 22.9. The molecule has 0 saturated carbocycles. The van der Waals surface area contributed by atoms with E-state index in [1.54, 1.807) is 0 Å². The highest BCUT2D eigenvalue weighted by atomic mass is 16.5. The standard InChI is InChI=1S/C17H20N2O/c1-19-11-10-16(18)17(19)13-6-5-9-15(12-13)20-14-7-3-2-4-8-14/h2-9,12,16-17H,10-11,18H2,1H3. The molecular formula is C17H20N2O. The molecule has 3 rings (SSSR count). The van der Waals surface area contributed by atoms with E-state index < -0.39 is 0 Å². The summed E-state index contributed by atoms with van der Waals surface area (Å²) in [7, 11) is 2.13. The van der Waals surface area contributed by atoms with Crippen molar-refractivity contribution < 1.29 is 4.74 Å². The summed E-state index contributed by atoms with van der Waals surface area (Å²) in [6, 6.07) is 18.6. The minimum atomic E-state index is 0.201. The van der Waals surface area contributed by atoms with Gasteiger partial charge in [-0.2, -0.15) is 0 Å². The van der Waals surface area contributed by atoms with Crippen LogP contribution < -0.4 is 10.5 Å². The van der Waals surface area contributed by atoms with Gasteiger partial charge < -0.3 is 10.5 Å². The zero-order valence-corrected chi connectivity index (χ0v) is 11.7. The molecule has 3 nitrogen and oxygen atoms in total. The third-order valence-corrected chi connectivity index (χ3v) is 3.87. The van der Waals surface area contributed by atoms with Gasteiger partial charge in [-0.15, -0.1) is 0 Å². The molecule has 20 heavy (non-hydrogen) atoms. The summed E-state index contributed by atoms with van der Waals surface area (Å²) in [6.07, 6.45) is 1.05. The Balaban J connectivity index is 1.83. The average molecular weight is 268 g/mol. The molecule has 0 radical (unpaired) electrons. The molecule has 1 aliphatic rings. The lowest BCUT2D eigenvalue weighted by Crippen LogP contribution is -2.29. The molecule has 2 N–H and O–H groups in total. The van der Waals surface area contributed by atoms with Gasteiger partial charge in [-0.3, -0.25) is 4.90 Å². The van der Waals surface area contributed by atoms with Crippen LogP contribution in [0.1, 0.15) is 18.0 Å². The Hall–Kier alpha value is -1.84. The summed E-state index contributed by atoms with van der Waals surface area (Å²) in [6.45, 7) is 1.05. The van der Waals surface area contributed by atoms with E-state index in [9.17, 15) is 0 Å². The molecule has 1 fully saturated rings. The summed E-state index contributed by atoms with van der Waals surface area (Å²) in [5.74, 6) is 1.72. The van der Waals surface area contributed by atoms with Crippen molar-refractivity contribution in [2.24, 2.45) is 5.73 Å². The molecule has 1 heterocycles. The van der Waals surface area contributed by atoms with Gasteiger partial charge in [0.25, 0.3) is 0 Å². The fourth-order valence-electron chi connectivity index (χ4n) is 2.86. The van der Waals surface area contributed by atoms with Crippen LogP contribution >= 0.6 is 0 Å². The number of likely N-dealkylation sites (N-methyl/N-ethyl adjacent to an activating group) is 1. The second-order valence-electron chi connectivity index (χ2n) is 5.37. The van der Waals surface area contributed by atoms with Gasteiger partial charge in [0, 0.05) is 18.6 Å². The van der Waals surface area contributed by atoms with Crippen LogP contribution in [0.5, 0.6) is 11.5 Å². The second-order valence-corrected chi connectivity index (χ2v) is 5.37. The maximum absolute atomic E-state index is 6.22. The van der Waals surface area contributed by atoms with Crippen LogP contribution in [0.25, 0.3) is 0 Å². The predicted molar refractivity (Wildman–Crippen MR) is 80.9 cm³/mol. The summed E-state index contributed by atoms with van der Waals surface area (Å²) >= 11 is 0. The Morgan fingerprint density at radius 3 is 2.50 bits per heavy atom. The third-order valence-electron chi connectivity index (χ3n) is 3.87. The van der Waals surface area contributed by atoms with Crippen LogP contribution in [-0.2, 0) is 0 Å². The average Bonchev–Trinajstić information content (AvgIpc) is 2.80. The van der Waals surface area contributed by atoms with E-state index in [1.807, 2.05) is 42.5 Å². The number of hydrogen-bond donors (Lipinski definition) is 1. The van der Waals surface area contributed by atoms with E-state index in [0.717, 1.165) is 24.5 Å². The van der Waals surface area contributed by atoms with Crippen LogP contribution in [0.3, 0.4) is 0 Å². The lowest BCUT2D eigenvalue weighted by Gasteiger charge is -2.23. The van der Waals surface area contributed by atoms with Gasteiger partial charge in [-0.05, 0) is 43.3 Å². The van der Waals surface area contributed by atoms with Crippen LogP contribution in [0.4, 0.5) is 0 Å². The highest BCUT2D eigenvalue weighted by Gasteiger charge is 2.30. The summed E-state index contributed by atoms with van der Waals surface area (Å²) in [4.78, 5) is 2.31. The van der Waals surface area contributed by atoms with Gasteiger partial charge in [0.05, 0.1) is 0 Å². The highest BCUT2D eigenvalue weighted by Crippen LogP contribution is 2.32. The van der Waals surface area contributed by atoms with E-state index in [0.29, 0.717) is 0 Å². The fourth-order valence-corrected chi connectivity index (χ4v) is 2.86. The number of hydrogen-bond acceptors (Lipinski definition) is 3. The molecule has 104 valence electrons. The van der Waals surface area contributed by atoms with Crippen LogP contribution in [-0.4, -0.2) is 24.5 Å². The van der Waals surface area contributed by atoms with Crippen molar-refractivity contribution in [1.29, 1.82) is 0 Å². The lowest BCUT2D eigenvalue weighted by molar-refractivity contribution is 0.303. The SMILES string of the molecule is CN1CCC(N)C1c1cccc(Oc2ccccc2)c1. The summed E-state index contributed by atoms with van der Waals surface area (Å²) in [5, 5.41) is 0. The first-order valence-electron chi connectivity index (χ1n) is 7.03. The molecule has 2 aromatic carbocycles. The minimum absolute atomic E-state index is 0.201. The quantitative estimate of drug-likeness (QED) is 0.929. The molecule has 1 aliphatic heterocycles. The summed E-state index contributed by atoms with van der Waals surface area (Å²) in [5.41, 5.74) is 7.45. The van der Waals surface area contributed by atoms with Gasteiger partial charge in [-0.25, -0.2) is 0 Å². The molecule has 2 aromatic rings. The van der Waals surface area contributed by atoms with Crippen LogP contribution in [0, 0.1) is 0 Å². The molecule has 0 amide bonds. The number of likely N-dealkylation sites (tertiary alicyclic amines) is 1. The summed E-state index contributed by atoms with van der Waals surface area (Å²) < 4.78 is 5.89. The molecule has 0 bridgehead atoms.